The van der Waals surface area contributed by atoms with E-state index in [1.54, 1.807) is 0 Å². The van der Waals surface area contributed by atoms with Crippen LogP contribution in [0.15, 0.2) is 23.2 Å². The van der Waals surface area contributed by atoms with Crippen LogP contribution in [0.4, 0.5) is 0 Å². The minimum absolute atomic E-state index is 1.19. The number of hydrogen-bond donors (Lipinski definition) is 0. The Bertz CT molecular complexity index is 134. The molecule has 11 heavy (non-hydrogen) atoms. The Kier molecular flexibility index (Phi) is 11.8. The van der Waals surface area contributed by atoms with Crippen molar-refractivity contribution in [1.82, 2.24) is 0 Å². The maximum absolute atomic E-state index is 5.01. The van der Waals surface area contributed by atoms with E-state index in [2.05, 4.69) is 22.9 Å². The first-order valence-corrected chi connectivity index (χ1v) is 11.8. The molecule has 0 atom stereocenters. The van der Waals surface area contributed by atoms with Crippen LogP contribution >= 0.6 is 37.2 Å². The van der Waals surface area contributed by atoms with Crippen molar-refractivity contribution in [3.05, 3.63) is 23.2 Å². The molecule has 0 aliphatic rings. The van der Waals surface area contributed by atoms with Gasteiger partial charge in [-0.3, -0.25) is 0 Å². The summed E-state index contributed by atoms with van der Waals surface area (Å²) in [5.74, 6) is 0. The van der Waals surface area contributed by atoms with Crippen LogP contribution in [-0.4, -0.2) is 16.3 Å². The molecule has 0 aromatic heterocycles. The summed E-state index contributed by atoms with van der Waals surface area (Å²) in [6, 6.07) is 0. The summed E-state index contributed by atoms with van der Waals surface area (Å²) in [5.41, 5.74) is 1.19. The van der Waals surface area contributed by atoms with E-state index in [1.165, 1.54) is 5.57 Å². The molecule has 0 aromatic rings. The third-order valence-electron chi connectivity index (χ3n) is 0.585. The molecule has 0 fully saturated rings. The van der Waals surface area contributed by atoms with Crippen molar-refractivity contribution < 1.29 is 12.3 Å². The molecule has 0 saturated heterocycles. The van der Waals surface area contributed by atoms with Crippen molar-refractivity contribution in [1.29, 1.82) is 0 Å². The van der Waals surface area contributed by atoms with Gasteiger partial charge in [-0.15, -0.1) is 0 Å². The average Bonchev–Trinajstić information content (AvgIpc) is 1.83. The van der Waals surface area contributed by atoms with Crippen LogP contribution in [0.1, 0.15) is 6.92 Å². The second-order valence-electron chi connectivity index (χ2n) is 1.54. The summed E-state index contributed by atoms with van der Waals surface area (Å²) in [5, 5.41) is 0. The van der Waals surface area contributed by atoms with Crippen LogP contribution in [0.2, 0.25) is 0 Å². The van der Waals surface area contributed by atoms with Gasteiger partial charge in [-0.1, -0.05) is 18.2 Å². The monoisotopic (exact) mass is 282 g/mol. The van der Waals surface area contributed by atoms with E-state index in [-0.39, 0.29) is 0 Å². The molecule has 0 aromatic carbocycles. The molecule has 6 heteroatoms. The van der Waals surface area contributed by atoms with Crippen molar-refractivity contribution in [2.45, 2.75) is 6.92 Å². The summed E-state index contributed by atoms with van der Waals surface area (Å²) in [6.07, 6.45) is 1.81. The van der Waals surface area contributed by atoms with Crippen molar-refractivity contribution >= 4 is 53.5 Å². The van der Waals surface area contributed by atoms with Crippen LogP contribution in [0.25, 0.3) is 0 Å². The van der Waals surface area contributed by atoms with Gasteiger partial charge in [-0.05, 0) is 6.92 Å². The van der Waals surface area contributed by atoms with Gasteiger partial charge in [-0.2, -0.15) is 4.94 Å². The van der Waals surface area contributed by atoms with Gasteiger partial charge in [0, 0.05) is 0 Å². The standard InChI is InChI=1S/C5H7.Al.4ClH.Ti/c1-4-5(2)3;;;;;;/h2,4H,1H2,3H3;;4*1H;/q;;;;;;+4/p-4. The van der Waals surface area contributed by atoms with E-state index in [0.29, 0.717) is 0 Å². The van der Waals surface area contributed by atoms with E-state index in [1.807, 2.05) is 17.9 Å². The van der Waals surface area contributed by atoms with Crippen LogP contribution in [0.5, 0.6) is 0 Å². The van der Waals surface area contributed by atoms with Gasteiger partial charge in [0.05, 0.1) is 0 Å². The van der Waals surface area contributed by atoms with Crippen LogP contribution in [0.3, 0.4) is 0 Å². The van der Waals surface area contributed by atoms with Crippen molar-refractivity contribution in [2.24, 2.45) is 0 Å². The molecule has 62 valence electrons. The Labute approximate surface area is 94.8 Å². The molecule has 0 heterocycles. The van der Waals surface area contributed by atoms with Gasteiger partial charge in [0.25, 0.3) is 0 Å². The molecule has 2 radical (unpaired) electrons. The van der Waals surface area contributed by atoms with Crippen molar-refractivity contribution in [2.75, 3.05) is 0 Å². The summed E-state index contributed by atoms with van der Waals surface area (Å²) >= 11 is -0.605. The second kappa shape index (κ2) is 8.48. The van der Waals surface area contributed by atoms with Gasteiger partial charge >= 0.3 is 49.6 Å². The van der Waals surface area contributed by atoms with Gasteiger partial charge in [0.1, 0.15) is 0 Å². The average molecular weight is 284 g/mol. The summed E-state index contributed by atoms with van der Waals surface area (Å²) < 4.78 is 0. The zero-order valence-corrected chi connectivity index (χ0v) is 11.7. The third-order valence-corrected chi connectivity index (χ3v) is 1.11. The van der Waals surface area contributed by atoms with Crippen molar-refractivity contribution in [3.63, 3.8) is 0 Å². The Morgan fingerprint density at radius 3 is 1.64 bits per heavy atom. The van der Waals surface area contributed by atoms with E-state index in [4.69, 9.17) is 37.2 Å². The van der Waals surface area contributed by atoms with E-state index in [9.17, 15) is 0 Å². The fourth-order valence-corrected chi connectivity index (χ4v) is 0.204. The molecule has 0 amide bonds. The van der Waals surface area contributed by atoms with Crippen LogP contribution < -0.4 is 0 Å². The van der Waals surface area contributed by atoms with Crippen LogP contribution in [0, 0.1) is 0 Å². The fourth-order valence-electron chi connectivity index (χ4n) is 0.0680. The van der Waals surface area contributed by atoms with Crippen LogP contribution in [-0.2, 0) is 12.3 Å². The first-order chi connectivity index (χ1) is 4.81. The van der Waals surface area contributed by atoms with Gasteiger partial charge in [-0.25, -0.2) is 0 Å². The predicted molar refractivity (Wildman–Crippen MR) is 53.1 cm³/mol. The van der Waals surface area contributed by atoms with E-state index in [0.717, 1.165) is 0 Å². The normalized spacial score (nSPS) is 11.5. The topological polar surface area (TPSA) is 0 Å². The molecule has 0 saturated carbocycles. The Morgan fingerprint density at radius 2 is 1.64 bits per heavy atom. The maximum atomic E-state index is 5.01. The molecule has 0 nitrogen and oxygen atoms in total. The molecule has 0 bridgehead atoms. The van der Waals surface area contributed by atoms with Gasteiger partial charge in [0.15, 0.2) is 16.3 Å². The quantitative estimate of drug-likeness (QED) is 0.504. The molecule has 0 aliphatic carbocycles. The Balaban J connectivity index is 0. The Morgan fingerprint density at radius 1 is 1.36 bits per heavy atom. The fraction of sp³-hybridized carbons (Fsp3) is 0.200. The van der Waals surface area contributed by atoms with Gasteiger partial charge in [0.2, 0.25) is 0 Å². The first kappa shape index (κ1) is 15.4. The molecular weight excluding hydrogens is 277 g/mol. The zero-order chi connectivity index (χ0) is 9.49. The molecule has 0 unspecified atom stereocenters. The summed E-state index contributed by atoms with van der Waals surface area (Å²) in [7, 11) is 20.1. The number of allylic oxidation sites excluding steroid dienone is 2. The molecule has 0 N–H and O–H groups in total. The molecule has 0 rings (SSSR count). The summed E-state index contributed by atoms with van der Waals surface area (Å²) in [6.45, 7) is 5.55. The third kappa shape index (κ3) is 33.5. The predicted octanol–water partition coefficient (Wildman–Crippen LogP) is 4.00. The van der Waals surface area contributed by atoms with E-state index >= 15 is 0 Å². The number of rotatable bonds is 1. The number of halogens is 4. The first-order valence-electron chi connectivity index (χ1n) is 2.57. The Hall–Kier alpha value is 1.89. The zero-order valence-electron chi connectivity index (χ0n) is 5.95. The SMILES string of the molecule is C=C/C(C)=[CH]/[Al].[Cl][Ti]([Cl])([Cl])[Cl]. The molecule has 0 aliphatic heterocycles. The second-order valence-corrected chi connectivity index (χ2v) is 17.4. The van der Waals surface area contributed by atoms with Gasteiger partial charge < -0.3 is 0 Å². The minimum atomic E-state index is -3.11. The number of hydrogen-bond acceptors (Lipinski definition) is 0. The molecule has 0 spiro atoms. The van der Waals surface area contributed by atoms with Crippen molar-refractivity contribution in [3.8, 4) is 0 Å². The molecular formula is C5H7AlCl4Ti. The summed E-state index contributed by atoms with van der Waals surface area (Å²) in [4.78, 5) is 1.94. The van der Waals surface area contributed by atoms with E-state index < -0.39 is 12.3 Å².